The average molecular weight is 230 g/mol. The molecule has 1 aromatic rings. The first-order valence-electron chi connectivity index (χ1n) is 4.38. The van der Waals surface area contributed by atoms with Crippen LogP contribution in [0.3, 0.4) is 0 Å². The minimum atomic E-state index is -0.913. The Labute approximate surface area is 89.6 Å². The highest BCUT2D eigenvalue weighted by molar-refractivity contribution is 5.42. The van der Waals surface area contributed by atoms with E-state index in [-0.39, 0.29) is 12.4 Å². The molecule has 1 heterocycles. The Balaban J connectivity index is 3.35. The van der Waals surface area contributed by atoms with Crippen LogP contribution in [-0.2, 0) is 6.54 Å². The van der Waals surface area contributed by atoms with Crippen molar-refractivity contribution in [1.29, 1.82) is 0 Å². The molecule has 0 saturated carbocycles. The van der Waals surface area contributed by atoms with Gasteiger partial charge in [-0.2, -0.15) is 4.57 Å². The molecule has 1 aromatic heterocycles. The van der Waals surface area contributed by atoms with Crippen molar-refractivity contribution in [3.63, 3.8) is 0 Å². The van der Waals surface area contributed by atoms with E-state index in [1.165, 1.54) is 13.8 Å². The van der Waals surface area contributed by atoms with Crippen molar-refractivity contribution >= 4 is 11.6 Å². The topological polar surface area (TPSA) is 124 Å². The maximum atomic E-state index is 10.7. The highest BCUT2D eigenvalue weighted by Gasteiger charge is 2.35. The van der Waals surface area contributed by atoms with Crippen molar-refractivity contribution in [2.45, 2.75) is 26.5 Å². The molecular weight excluding hydrogens is 220 g/mol. The molecule has 0 aliphatic carbocycles. The van der Waals surface area contributed by atoms with Crippen LogP contribution in [0.4, 0.5) is 11.6 Å². The summed E-state index contributed by atoms with van der Waals surface area (Å²) in [6.45, 7) is 2.72. The minimum absolute atomic E-state index is 0.108. The summed E-state index contributed by atoms with van der Waals surface area (Å²) in [5, 5.41) is 30.4. The Morgan fingerprint density at radius 2 is 2.00 bits per heavy atom. The molecule has 0 spiro atoms. The zero-order valence-corrected chi connectivity index (χ0v) is 8.65. The van der Waals surface area contributed by atoms with Crippen molar-refractivity contribution in [1.82, 2.24) is 9.55 Å². The zero-order valence-electron chi connectivity index (χ0n) is 8.65. The van der Waals surface area contributed by atoms with Gasteiger partial charge in [-0.1, -0.05) is 0 Å². The predicted molar refractivity (Wildman–Crippen MR) is 52.0 cm³/mol. The molecule has 9 heteroatoms. The van der Waals surface area contributed by atoms with Gasteiger partial charge in [-0.25, -0.2) is 0 Å². The quantitative estimate of drug-likeness (QED) is 0.589. The van der Waals surface area contributed by atoms with Crippen LogP contribution in [0.2, 0.25) is 0 Å². The molecule has 0 bridgehead atoms. The first-order valence-corrected chi connectivity index (χ1v) is 4.38. The standard InChI is InChI=1S/C7H10N4O5/c1-4(12)3-9-5(2)8-6(10(13)14)7(9)11(15)16/h4,12H,3H2,1-2H3. The van der Waals surface area contributed by atoms with Gasteiger partial charge in [0.15, 0.2) is 0 Å². The highest BCUT2D eigenvalue weighted by atomic mass is 16.6. The van der Waals surface area contributed by atoms with Gasteiger partial charge in [-0.05, 0) is 16.8 Å². The van der Waals surface area contributed by atoms with Gasteiger partial charge in [-0.3, -0.25) is 0 Å². The van der Waals surface area contributed by atoms with Crippen molar-refractivity contribution < 1.29 is 15.0 Å². The second-order valence-electron chi connectivity index (χ2n) is 3.28. The number of aliphatic hydroxyl groups is 1. The van der Waals surface area contributed by atoms with E-state index in [4.69, 9.17) is 5.11 Å². The number of hydrogen-bond acceptors (Lipinski definition) is 6. The van der Waals surface area contributed by atoms with E-state index in [0.717, 1.165) is 4.57 Å². The number of imidazole rings is 1. The molecule has 0 aromatic carbocycles. The van der Waals surface area contributed by atoms with Crippen LogP contribution in [0.15, 0.2) is 0 Å². The Kier molecular flexibility index (Phi) is 3.18. The first kappa shape index (κ1) is 12.0. The fraction of sp³-hybridized carbons (Fsp3) is 0.571. The number of aryl methyl sites for hydroxylation is 1. The summed E-state index contributed by atoms with van der Waals surface area (Å²) in [6.07, 6.45) is -0.855. The van der Waals surface area contributed by atoms with E-state index in [0.29, 0.717) is 0 Å². The molecule has 1 rings (SSSR count). The molecule has 0 fully saturated rings. The third kappa shape index (κ3) is 2.14. The van der Waals surface area contributed by atoms with Crippen LogP contribution in [-0.4, -0.2) is 30.6 Å². The monoisotopic (exact) mass is 230 g/mol. The fourth-order valence-electron chi connectivity index (χ4n) is 1.32. The highest BCUT2D eigenvalue weighted by Crippen LogP contribution is 2.27. The third-order valence-electron chi connectivity index (χ3n) is 1.91. The molecule has 0 saturated heterocycles. The predicted octanol–water partition coefficient (Wildman–Crippen LogP) is 0.389. The van der Waals surface area contributed by atoms with Gasteiger partial charge in [-0.15, -0.1) is 0 Å². The molecule has 0 aliphatic heterocycles. The van der Waals surface area contributed by atoms with Crippen LogP contribution >= 0.6 is 0 Å². The van der Waals surface area contributed by atoms with E-state index in [9.17, 15) is 20.2 Å². The number of aliphatic hydroxyl groups excluding tert-OH is 1. The molecule has 88 valence electrons. The molecule has 0 radical (unpaired) electrons. The fourth-order valence-corrected chi connectivity index (χ4v) is 1.32. The molecule has 9 nitrogen and oxygen atoms in total. The summed E-state index contributed by atoms with van der Waals surface area (Å²) < 4.78 is 1.02. The summed E-state index contributed by atoms with van der Waals surface area (Å²) >= 11 is 0. The average Bonchev–Trinajstić information content (AvgIpc) is 2.43. The van der Waals surface area contributed by atoms with E-state index >= 15 is 0 Å². The van der Waals surface area contributed by atoms with Gasteiger partial charge < -0.3 is 25.3 Å². The zero-order chi connectivity index (χ0) is 12.5. The second kappa shape index (κ2) is 4.23. The van der Waals surface area contributed by atoms with Gasteiger partial charge in [0, 0.05) is 11.9 Å². The largest absolute Gasteiger partial charge is 0.462 e. The van der Waals surface area contributed by atoms with Crippen LogP contribution in [0, 0.1) is 27.2 Å². The summed E-state index contributed by atoms with van der Waals surface area (Å²) in [6, 6.07) is 0. The van der Waals surface area contributed by atoms with Crippen LogP contribution < -0.4 is 0 Å². The van der Waals surface area contributed by atoms with Crippen LogP contribution in [0.25, 0.3) is 0 Å². The number of rotatable bonds is 4. The van der Waals surface area contributed by atoms with Crippen LogP contribution in [0.1, 0.15) is 12.7 Å². The normalized spacial score (nSPS) is 12.4. The van der Waals surface area contributed by atoms with E-state index in [1.807, 2.05) is 0 Å². The first-order chi connectivity index (χ1) is 7.34. The van der Waals surface area contributed by atoms with Gasteiger partial charge in [0.1, 0.15) is 6.54 Å². The SMILES string of the molecule is Cc1nc([N+](=O)[O-])c([N+](=O)[O-])n1CC(C)O. The van der Waals surface area contributed by atoms with Crippen molar-refractivity contribution in [2.75, 3.05) is 0 Å². The maximum absolute atomic E-state index is 10.7. The van der Waals surface area contributed by atoms with E-state index in [1.54, 1.807) is 0 Å². The van der Waals surface area contributed by atoms with Gasteiger partial charge in [0.25, 0.3) is 0 Å². The van der Waals surface area contributed by atoms with E-state index < -0.39 is 27.6 Å². The smallest absolute Gasteiger partial charge is 0.389 e. The Morgan fingerprint density at radius 3 is 2.38 bits per heavy atom. The van der Waals surface area contributed by atoms with Crippen LogP contribution in [0.5, 0.6) is 0 Å². The molecule has 0 amide bonds. The maximum Gasteiger partial charge on any atom is 0.462 e. The Hall–Kier alpha value is -2.03. The summed E-state index contributed by atoms with van der Waals surface area (Å²) in [7, 11) is 0. The Morgan fingerprint density at radius 1 is 1.44 bits per heavy atom. The number of nitro groups is 2. The lowest BCUT2D eigenvalue weighted by Gasteiger charge is -2.02. The second-order valence-corrected chi connectivity index (χ2v) is 3.28. The van der Waals surface area contributed by atoms with Crippen molar-refractivity contribution in [3.05, 3.63) is 26.1 Å². The number of hydrogen-bond donors (Lipinski definition) is 1. The number of aromatic nitrogens is 2. The molecule has 1 unspecified atom stereocenters. The third-order valence-corrected chi connectivity index (χ3v) is 1.91. The van der Waals surface area contributed by atoms with Gasteiger partial charge in [0.2, 0.25) is 0 Å². The lowest BCUT2D eigenvalue weighted by Crippen LogP contribution is -2.15. The van der Waals surface area contributed by atoms with Crippen molar-refractivity contribution in [2.24, 2.45) is 0 Å². The Bertz CT molecular complexity index is 438. The van der Waals surface area contributed by atoms with Crippen molar-refractivity contribution in [3.8, 4) is 0 Å². The molecule has 16 heavy (non-hydrogen) atoms. The number of nitrogens with zero attached hydrogens (tertiary/aromatic N) is 4. The molecule has 0 aliphatic rings. The van der Waals surface area contributed by atoms with Gasteiger partial charge >= 0.3 is 17.5 Å². The molecule has 1 atom stereocenters. The summed E-state index contributed by atoms with van der Waals surface area (Å²) in [4.78, 5) is 22.9. The van der Waals surface area contributed by atoms with Gasteiger partial charge in [0.05, 0.1) is 6.10 Å². The van der Waals surface area contributed by atoms with E-state index in [2.05, 4.69) is 4.98 Å². The minimum Gasteiger partial charge on any atom is -0.389 e. The molecule has 1 N–H and O–H groups in total. The lowest BCUT2D eigenvalue weighted by molar-refractivity contribution is -0.428. The summed E-state index contributed by atoms with van der Waals surface area (Å²) in [5.41, 5.74) is 0. The lowest BCUT2D eigenvalue weighted by atomic mass is 10.4. The molecular formula is C7H10N4O5. The summed E-state index contributed by atoms with van der Waals surface area (Å²) in [5.74, 6) is -1.38.